The van der Waals surface area contributed by atoms with E-state index in [1.54, 1.807) is 17.8 Å². The summed E-state index contributed by atoms with van der Waals surface area (Å²) in [5, 5.41) is 0.700. The maximum absolute atomic E-state index is 5.96. The van der Waals surface area contributed by atoms with Crippen molar-refractivity contribution in [3.8, 4) is 11.3 Å². The second-order valence-electron chi connectivity index (χ2n) is 4.31. The SMILES string of the molecule is C=C/C=C(\C=C/C)c1nc(SCC)oc1-c1ccccc1.CC. The number of rotatable bonds is 6. The van der Waals surface area contributed by atoms with Gasteiger partial charge in [-0.15, -0.1) is 0 Å². The predicted octanol–water partition coefficient (Wildman–Crippen LogP) is 6.63. The van der Waals surface area contributed by atoms with Crippen LogP contribution in [0.3, 0.4) is 0 Å². The molecule has 1 aromatic heterocycles. The molecule has 0 aliphatic heterocycles. The first kappa shape index (κ1) is 19.0. The van der Waals surface area contributed by atoms with Gasteiger partial charge in [-0.3, -0.25) is 0 Å². The zero-order valence-corrected chi connectivity index (χ0v) is 15.2. The van der Waals surface area contributed by atoms with Crippen LogP contribution in [0.2, 0.25) is 0 Å². The van der Waals surface area contributed by atoms with E-state index in [-0.39, 0.29) is 0 Å². The van der Waals surface area contributed by atoms with Crippen molar-refractivity contribution in [2.75, 3.05) is 5.75 Å². The number of aromatic nitrogens is 1. The highest BCUT2D eigenvalue weighted by Gasteiger charge is 2.17. The third-order valence-corrected chi connectivity index (χ3v) is 3.54. The standard InChI is InChI=1S/C18H19NOS.C2H6/c1-4-10-14(11-5-2)16-17(15-12-8-7-9-13-15)20-18(19-16)21-6-3;1-2/h4-5,7-13H,1,6H2,2-3H3;1-2H3/b11-5-,14-10+;. The summed E-state index contributed by atoms with van der Waals surface area (Å²) in [4.78, 5) is 4.64. The van der Waals surface area contributed by atoms with Crippen LogP contribution in [0.25, 0.3) is 16.9 Å². The molecule has 3 heteroatoms. The van der Waals surface area contributed by atoms with Crippen molar-refractivity contribution in [1.82, 2.24) is 4.98 Å². The van der Waals surface area contributed by atoms with E-state index in [4.69, 9.17) is 4.42 Å². The normalized spacial score (nSPS) is 11.2. The Morgan fingerprint density at radius 3 is 2.52 bits per heavy atom. The predicted molar refractivity (Wildman–Crippen MR) is 103 cm³/mol. The maximum atomic E-state index is 5.96. The molecule has 2 rings (SSSR count). The van der Waals surface area contributed by atoms with E-state index in [1.165, 1.54) is 0 Å². The third kappa shape index (κ3) is 5.29. The summed E-state index contributed by atoms with van der Waals surface area (Å²) in [5.74, 6) is 1.73. The molecule has 0 unspecified atom stereocenters. The minimum absolute atomic E-state index is 0.700. The Labute approximate surface area is 144 Å². The Balaban J connectivity index is 0.00000127. The molecule has 0 radical (unpaired) electrons. The smallest absolute Gasteiger partial charge is 0.256 e. The Morgan fingerprint density at radius 2 is 1.96 bits per heavy atom. The number of benzene rings is 1. The van der Waals surface area contributed by atoms with Gasteiger partial charge in [0.15, 0.2) is 5.76 Å². The van der Waals surface area contributed by atoms with Gasteiger partial charge in [0.05, 0.1) is 0 Å². The fourth-order valence-corrected chi connectivity index (χ4v) is 2.53. The summed E-state index contributed by atoms with van der Waals surface area (Å²) in [6.07, 6.45) is 7.73. The summed E-state index contributed by atoms with van der Waals surface area (Å²) in [5.41, 5.74) is 2.88. The highest BCUT2D eigenvalue weighted by atomic mass is 32.2. The van der Waals surface area contributed by atoms with Crippen molar-refractivity contribution in [3.63, 3.8) is 0 Å². The molecule has 1 heterocycles. The molecule has 2 aromatic rings. The van der Waals surface area contributed by atoms with Gasteiger partial charge in [-0.1, -0.05) is 93.7 Å². The van der Waals surface area contributed by atoms with Gasteiger partial charge in [0.1, 0.15) is 5.69 Å². The number of nitrogens with zero attached hydrogens (tertiary/aromatic N) is 1. The lowest BCUT2D eigenvalue weighted by molar-refractivity contribution is 0.466. The van der Waals surface area contributed by atoms with Crippen molar-refractivity contribution in [1.29, 1.82) is 0 Å². The third-order valence-electron chi connectivity index (χ3n) is 2.83. The summed E-state index contributed by atoms with van der Waals surface area (Å²) >= 11 is 1.60. The van der Waals surface area contributed by atoms with E-state index in [0.29, 0.717) is 5.22 Å². The highest BCUT2D eigenvalue weighted by molar-refractivity contribution is 7.99. The number of thioether (sulfide) groups is 1. The van der Waals surface area contributed by atoms with Crippen LogP contribution in [-0.2, 0) is 0 Å². The molecule has 0 saturated heterocycles. The van der Waals surface area contributed by atoms with Gasteiger partial charge >= 0.3 is 0 Å². The lowest BCUT2D eigenvalue weighted by atomic mass is 10.1. The highest BCUT2D eigenvalue weighted by Crippen LogP contribution is 2.33. The maximum Gasteiger partial charge on any atom is 0.256 e. The molecular weight excluding hydrogens is 302 g/mol. The van der Waals surface area contributed by atoms with Gasteiger partial charge in [-0.25, -0.2) is 4.98 Å². The fourth-order valence-electron chi connectivity index (χ4n) is 1.99. The van der Waals surface area contributed by atoms with E-state index in [9.17, 15) is 0 Å². The first-order valence-electron chi connectivity index (χ1n) is 7.95. The van der Waals surface area contributed by atoms with E-state index < -0.39 is 0 Å². The van der Waals surface area contributed by atoms with Gasteiger partial charge in [0, 0.05) is 11.1 Å². The minimum atomic E-state index is 0.700. The van der Waals surface area contributed by atoms with E-state index >= 15 is 0 Å². The molecular formula is C20H25NOS. The van der Waals surface area contributed by atoms with Crippen molar-refractivity contribution in [3.05, 3.63) is 66.9 Å². The molecule has 0 saturated carbocycles. The minimum Gasteiger partial charge on any atom is -0.431 e. The number of hydrogen-bond donors (Lipinski definition) is 0. The Morgan fingerprint density at radius 1 is 1.26 bits per heavy atom. The van der Waals surface area contributed by atoms with E-state index in [2.05, 4.69) is 18.5 Å². The van der Waals surface area contributed by atoms with Gasteiger partial charge in [-0.2, -0.15) is 0 Å². The molecule has 0 amide bonds. The average Bonchev–Trinajstić information content (AvgIpc) is 3.01. The van der Waals surface area contributed by atoms with E-state index in [0.717, 1.165) is 28.3 Å². The van der Waals surface area contributed by atoms with Crippen LogP contribution < -0.4 is 0 Å². The Hall–Kier alpha value is -2.00. The topological polar surface area (TPSA) is 26.0 Å². The van der Waals surface area contributed by atoms with Gasteiger partial charge < -0.3 is 4.42 Å². The lowest BCUT2D eigenvalue weighted by Gasteiger charge is -2.01. The largest absolute Gasteiger partial charge is 0.431 e. The molecule has 1 aromatic carbocycles. The fraction of sp³-hybridized carbons (Fsp3) is 0.250. The van der Waals surface area contributed by atoms with Crippen LogP contribution >= 0.6 is 11.8 Å². The molecule has 23 heavy (non-hydrogen) atoms. The van der Waals surface area contributed by atoms with Crippen LogP contribution in [0.15, 0.2) is 70.9 Å². The van der Waals surface area contributed by atoms with Crippen LogP contribution in [0.1, 0.15) is 33.4 Å². The van der Waals surface area contributed by atoms with Crippen molar-refractivity contribution in [2.24, 2.45) is 0 Å². The average molecular weight is 327 g/mol. The quantitative estimate of drug-likeness (QED) is 0.440. The zero-order valence-electron chi connectivity index (χ0n) is 14.4. The molecule has 0 N–H and O–H groups in total. The molecule has 0 spiro atoms. The number of hydrogen-bond acceptors (Lipinski definition) is 3. The Bertz CT molecular complexity index is 654. The van der Waals surface area contributed by atoms with Gasteiger partial charge in [0.2, 0.25) is 0 Å². The van der Waals surface area contributed by atoms with Crippen LogP contribution in [-0.4, -0.2) is 10.7 Å². The van der Waals surface area contributed by atoms with Crippen LogP contribution in [0, 0.1) is 0 Å². The van der Waals surface area contributed by atoms with Gasteiger partial charge in [-0.05, 0) is 12.7 Å². The van der Waals surface area contributed by atoms with Crippen LogP contribution in [0.4, 0.5) is 0 Å². The van der Waals surface area contributed by atoms with Crippen molar-refractivity contribution >= 4 is 17.3 Å². The first-order chi connectivity index (χ1) is 11.3. The molecule has 2 nitrogen and oxygen atoms in total. The van der Waals surface area contributed by atoms with Crippen LogP contribution in [0.5, 0.6) is 0 Å². The first-order valence-corrected chi connectivity index (χ1v) is 8.93. The summed E-state index contributed by atoms with van der Waals surface area (Å²) < 4.78 is 5.96. The second kappa shape index (κ2) is 10.7. The lowest BCUT2D eigenvalue weighted by Crippen LogP contribution is -1.86. The number of allylic oxidation sites excluding steroid dienone is 5. The molecule has 0 atom stereocenters. The molecule has 0 aliphatic rings. The summed E-state index contributed by atoms with van der Waals surface area (Å²) in [7, 11) is 0. The Kier molecular flexibility index (Phi) is 8.85. The molecule has 0 aliphatic carbocycles. The molecule has 0 bridgehead atoms. The van der Waals surface area contributed by atoms with Crippen molar-refractivity contribution in [2.45, 2.75) is 32.9 Å². The van der Waals surface area contributed by atoms with Crippen molar-refractivity contribution < 1.29 is 4.42 Å². The van der Waals surface area contributed by atoms with E-state index in [1.807, 2.05) is 69.3 Å². The second-order valence-corrected chi connectivity index (χ2v) is 5.53. The number of oxazole rings is 1. The summed E-state index contributed by atoms with van der Waals surface area (Å²) in [6.45, 7) is 11.9. The monoisotopic (exact) mass is 327 g/mol. The summed E-state index contributed by atoms with van der Waals surface area (Å²) in [6, 6.07) is 10.1. The molecule has 122 valence electrons. The molecule has 0 fully saturated rings. The zero-order chi connectivity index (χ0) is 17.1. The van der Waals surface area contributed by atoms with Gasteiger partial charge in [0.25, 0.3) is 5.22 Å².